The average molecular weight is 306 g/mol. The van der Waals surface area contributed by atoms with Gasteiger partial charge in [-0.05, 0) is 53.0 Å². The largest absolute Gasteiger partial charge is 0.340 e. The van der Waals surface area contributed by atoms with Crippen LogP contribution in [0.25, 0.3) is 0 Å². The van der Waals surface area contributed by atoms with Crippen molar-refractivity contribution in [3.8, 4) is 0 Å². The Balaban J connectivity index is 2.31. The number of nitrogens with zero attached hydrogens (tertiary/aromatic N) is 1. The number of hydrogen-bond acceptors (Lipinski definition) is 3. The standard InChI is InChI=1S/C14H16BrN3/c1-9-7-14(17-8-12(9)15)18-13-6-4-3-5-11(13)10(2)16/h3-8,10H,16H2,1-2H3,(H,17,18). The molecule has 0 fully saturated rings. The highest BCUT2D eigenvalue weighted by Gasteiger charge is 2.07. The summed E-state index contributed by atoms with van der Waals surface area (Å²) in [5.74, 6) is 0.823. The molecule has 1 unspecified atom stereocenters. The van der Waals surface area contributed by atoms with Gasteiger partial charge in [-0.3, -0.25) is 0 Å². The van der Waals surface area contributed by atoms with Crippen molar-refractivity contribution in [2.24, 2.45) is 5.73 Å². The summed E-state index contributed by atoms with van der Waals surface area (Å²) in [5.41, 5.74) is 9.18. The maximum atomic E-state index is 5.95. The second-order valence-electron chi connectivity index (χ2n) is 4.32. The van der Waals surface area contributed by atoms with Gasteiger partial charge in [-0.1, -0.05) is 18.2 Å². The Morgan fingerprint density at radius 1 is 1.33 bits per heavy atom. The highest BCUT2D eigenvalue weighted by molar-refractivity contribution is 9.10. The number of nitrogens with two attached hydrogens (primary N) is 1. The van der Waals surface area contributed by atoms with Crippen LogP contribution in [0.1, 0.15) is 24.1 Å². The molecule has 94 valence electrons. The molecular formula is C14H16BrN3. The number of aryl methyl sites for hydroxylation is 1. The summed E-state index contributed by atoms with van der Waals surface area (Å²) in [7, 11) is 0. The van der Waals surface area contributed by atoms with Gasteiger partial charge < -0.3 is 11.1 Å². The summed E-state index contributed by atoms with van der Waals surface area (Å²) in [4.78, 5) is 4.34. The Morgan fingerprint density at radius 3 is 2.72 bits per heavy atom. The zero-order valence-electron chi connectivity index (χ0n) is 10.4. The topological polar surface area (TPSA) is 50.9 Å². The van der Waals surface area contributed by atoms with Gasteiger partial charge in [-0.15, -0.1) is 0 Å². The Morgan fingerprint density at radius 2 is 2.06 bits per heavy atom. The molecular weight excluding hydrogens is 290 g/mol. The molecule has 18 heavy (non-hydrogen) atoms. The molecule has 0 amide bonds. The summed E-state index contributed by atoms with van der Waals surface area (Å²) < 4.78 is 1.01. The van der Waals surface area contributed by atoms with Gasteiger partial charge in [0.2, 0.25) is 0 Å². The van der Waals surface area contributed by atoms with Crippen LogP contribution in [-0.2, 0) is 0 Å². The first-order chi connectivity index (χ1) is 8.58. The summed E-state index contributed by atoms with van der Waals surface area (Å²) in [6.07, 6.45) is 1.80. The van der Waals surface area contributed by atoms with Gasteiger partial charge in [0, 0.05) is 22.4 Å². The van der Waals surface area contributed by atoms with Crippen LogP contribution in [0.4, 0.5) is 11.5 Å². The lowest BCUT2D eigenvalue weighted by Crippen LogP contribution is -2.08. The molecule has 0 saturated carbocycles. The molecule has 0 radical (unpaired) electrons. The van der Waals surface area contributed by atoms with Crippen molar-refractivity contribution in [1.82, 2.24) is 4.98 Å². The van der Waals surface area contributed by atoms with Crippen molar-refractivity contribution in [2.45, 2.75) is 19.9 Å². The van der Waals surface area contributed by atoms with Crippen molar-refractivity contribution < 1.29 is 0 Å². The third-order valence-corrected chi connectivity index (χ3v) is 3.59. The lowest BCUT2D eigenvalue weighted by atomic mass is 10.1. The number of para-hydroxylation sites is 1. The van der Waals surface area contributed by atoms with Crippen LogP contribution in [0.5, 0.6) is 0 Å². The molecule has 1 heterocycles. The van der Waals surface area contributed by atoms with Crippen LogP contribution in [0.15, 0.2) is 41.0 Å². The normalized spacial score (nSPS) is 12.2. The van der Waals surface area contributed by atoms with Crippen molar-refractivity contribution in [3.63, 3.8) is 0 Å². The smallest absolute Gasteiger partial charge is 0.130 e. The molecule has 0 bridgehead atoms. The molecule has 3 nitrogen and oxygen atoms in total. The van der Waals surface area contributed by atoms with Crippen LogP contribution < -0.4 is 11.1 Å². The van der Waals surface area contributed by atoms with Crippen molar-refractivity contribution >= 4 is 27.4 Å². The third kappa shape index (κ3) is 2.89. The first-order valence-corrected chi connectivity index (χ1v) is 6.61. The van der Waals surface area contributed by atoms with E-state index in [0.29, 0.717) is 0 Å². The fourth-order valence-corrected chi connectivity index (χ4v) is 1.97. The van der Waals surface area contributed by atoms with E-state index in [0.717, 1.165) is 27.1 Å². The van der Waals surface area contributed by atoms with Gasteiger partial charge in [0.05, 0.1) is 0 Å². The minimum absolute atomic E-state index is 0.00903. The summed E-state index contributed by atoms with van der Waals surface area (Å²) in [5, 5.41) is 3.31. The average Bonchev–Trinajstić information content (AvgIpc) is 2.34. The molecule has 4 heteroatoms. The van der Waals surface area contributed by atoms with E-state index in [2.05, 4.69) is 26.2 Å². The maximum Gasteiger partial charge on any atom is 0.130 e. The molecule has 0 aliphatic heterocycles. The number of anilines is 2. The molecule has 0 spiro atoms. The number of aromatic nitrogens is 1. The van der Waals surface area contributed by atoms with Crippen LogP contribution in [0.3, 0.4) is 0 Å². The van der Waals surface area contributed by atoms with Crippen LogP contribution in [-0.4, -0.2) is 4.98 Å². The van der Waals surface area contributed by atoms with E-state index in [9.17, 15) is 0 Å². The summed E-state index contributed by atoms with van der Waals surface area (Å²) in [6, 6.07) is 10.0. The van der Waals surface area contributed by atoms with E-state index in [-0.39, 0.29) is 6.04 Å². The van der Waals surface area contributed by atoms with Crippen LogP contribution >= 0.6 is 15.9 Å². The highest BCUT2D eigenvalue weighted by Crippen LogP contribution is 2.25. The van der Waals surface area contributed by atoms with E-state index < -0.39 is 0 Å². The number of pyridine rings is 1. The van der Waals surface area contributed by atoms with Gasteiger partial charge in [0.1, 0.15) is 5.82 Å². The SMILES string of the molecule is Cc1cc(Nc2ccccc2C(C)N)ncc1Br. The van der Waals surface area contributed by atoms with Gasteiger partial charge in [-0.2, -0.15) is 0 Å². The predicted octanol–water partition coefficient (Wildman–Crippen LogP) is 3.92. The third-order valence-electron chi connectivity index (χ3n) is 2.76. The van der Waals surface area contributed by atoms with E-state index in [1.54, 1.807) is 6.20 Å². The molecule has 2 aromatic rings. The Hall–Kier alpha value is -1.39. The number of rotatable bonds is 3. The zero-order chi connectivity index (χ0) is 13.1. The highest BCUT2D eigenvalue weighted by atomic mass is 79.9. The molecule has 1 atom stereocenters. The zero-order valence-corrected chi connectivity index (χ0v) is 12.0. The number of hydrogen-bond donors (Lipinski definition) is 2. The van der Waals surface area contributed by atoms with E-state index in [1.165, 1.54) is 0 Å². The molecule has 0 aliphatic rings. The van der Waals surface area contributed by atoms with Crippen molar-refractivity contribution in [1.29, 1.82) is 0 Å². The Kier molecular flexibility index (Phi) is 3.99. The number of nitrogens with one attached hydrogen (secondary N) is 1. The molecule has 2 rings (SSSR count). The minimum Gasteiger partial charge on any atom is -0.340 e. The van der Waals surface area contributed by atoms with E-state index in [1.807, 2.05) is 44.2 Å². The minimum atomic E-state index is -0.00903. The van der Waals surface area contributed by atoms with Crippen LogP contribution in [0, 0.1) is 6.92 Å². The molecule has 0 aliphatic carbocycles. The lowest BCUT2D eigenvalue weighted by molar-refractivity contribution is 0.820. The summed E-state index contributed by atoms with van der Waals surface area (Å²) in [6.45, 7) is 4.01. The first-order valence-electron chi connectivity index (χ1n) is 5.81. The van der Waals surface area contributed by atoms with Crippen LogP contribution in [0.2, 0.25) is 0 Å². The Bertz CT molecular complexity index is 552. The predicted molar refractivity (Wildman–Crippen MR) is 79.0 cm³/mol. The maximum absolute atomic E-state index is 5.95. The van der Waals surface area contributed by atoms with Gasteiger partial charge in [-0.25, -0.2) is 4.98 Å². The number of halogens is 1. The first kappa shape index (κ1) is 13.1. The van der Waals surface area contributed by atoms with E-state index in [4.69, 9.17) is 5.73 Å². The molecule has 3 N–H and O–H groups in total. The van der Waals surface area contributed by atoms with Crippen molar-refractivity contribution in [3.05, 3.63) is 52.1 Å². The van der Waals surface area contributed by atoms with Gasteiger partial charge >= 0.3 is 0 Å². The molecule has 0 saturated heterocycles. The fourth-order valence-electron chi connectivity index (χ4n) is 1.75. The summed E-state index contributed by atoms with van der Waals surface area (Å²) >= 11 is 3.44. The monoisotopic (exact) mass is 305 g/mol. The van der Waals surface area contributed by atoms with Crippen molar-refractivity contribution in [2.75, 3.05) is 5.32 Å². The fraction of sp³-hybridized carbons (Fsp3) is 0.214. The lowest BCUT2D eigenvalue weighted by Gasteiger charge is -2.14. The Labute approximate surface area is 116 Å². The second-order valence-corrected chi connectivity index (χ2v) is 5.17. The van der Waals surface area contributed by atoms with Gasteiger partial charge in [0.25, 0.3) is 0 Å². The number of benzene rings is 1. The van der Waals surface area contributed by atoms with E-state index >= 15 is 0 Å². The second kappa shape index (κ2) is 5.50. The molecule has 1 aromatic carbocycles. The molecule has 1 aromatic heterocycles. The van der Waals surface area contributed by atoms with Gasteiger partial charge in [0.15, 0.2) is 0 Å². The quantitative estimate of drug-likeness (QED) is 0.903.